The highest BCUT2D eigenvalue weighted by Crippen LogP contribution is 2.44. The second-order valence-electron chi connectivity index (χ2n) is 6.17. The van der Waals surface area contributed by atoms with Crippen LogP contribution in [0.15, 0.2) is 34.8 Å². The summed E-state index contributed by atoms with van der Waals surface area (Å²) in [6.45, 7) is 0. The maximum atomic E-state index is 12.9. The van der Waals surface area contributed by atoms with Crippen molar-refractivity contribution in [3.05, 3.63) is 34.8 Å². The lowest BCUT2D eigenvalue weighted by atomic mass is 9.82. The summed E-state index contributed by atoms with van der Waals surface area (Å²) >= 11 is 3.36. The van der Waals surface area contributed by atoms with E-state index in [0.29, 0.717) is 11.5 Å². The fourth-order valence-corrected chi connectivity index (χ4v) is 3.34. The van der Waals surface area contributed by atoms with Crippen molar-refractivity contribution in [3.8, 4) is 11.3 Å². The average molecular weight is 404 g/mol. The molecule has 0 saturated heterocycles. The van der Waals surface area contributed by atoms with Crippen LogP contribution in [-0.4, -0.2) is 26.7 Å². The van der Waals surface area contributed by atoms with Gasteiger partial charge in [-0.05, 0) is 37.8 Å². The molecule has 0 bridgehead atoms. The Kier molecular flexibility index (Phi) is 4.37. The smallest absolute Gasteiger partial charge is 0.384 e. The van der Waals surface area contributed by atoms with Crippen molar-refractivity contribution in [2.75, 3.05) is 5.73 Å². The number of aromatic nitrogens is 2. The molecule has 0 unspecified atom stereocenters. The molecule has 1 heterocycles. The van der Waals surface area contributed by atoms with Gasteiger partial charge >= 0.3 is 6.18 Å². The normalized spacial score (nSPS) is 25.0. The van der Waals surface area contributed by atoms with E-state index in [9.17, 15) is 18.3 Å². The number of hydrogen-bond acceptors (Lipinski definition) is 3. The molecule has 24 heavy (non-hydrogen) atoms. The van der Waals surface area contributed by atoms with E-state index in [-0.39, 0.29) is 31.7 Å². The molecule has 1 aromatic heterocycles. The number of nitrogen functional groups attached to an aromatic ring is 1. The number of alkyl halides is 3. The largest absolute Gasteiger partial charge is 0.417 e. The van der Waals surface area contributed by atoms with Crippen LogP contribution in [0.5, 0.6) is 0 Å². The van der Waals surface area contributed by atoms with E-state index >= 15 is 0 Å². The first-order valence-corrected chi connectivity index (χ1v) is 8.39. The molecule has 0 amide bonds. The van der Waals surface area contributed by atoms with E-state index in [1.807, 2.05) is 24.3 Å². The van der Waals surface area contributed by atoms with Crippen molar-refractivity contribution in [1.82, 2.24) is 9.78 Å². The number of rotatable bonds is 2. The van der Waals surface area contributed by atoms with Crippen LogP contribution >= 0.6 is 15.9 Å². The van der Waals surface area contributed by atoms with Gasteiger partial charge in [0.15, 0.2) is 5.60 Å². The van der Waals surface area contributed by atoms with E-state index in [1.54, 1.807) is 10.7 Å². The lowest BCUT2D eigenvalue weighted by Crippen LogP contribution is -2.48. The van der Waals surface area contributed by atoms with Gasteiger partial charge in [-0.25, -0.2) is 4.68 Å². The molecule has 1 aliphatic carbocycles. The summed E-state index contributed by atoms with van der Waals surface area (Å²) < 4.78 is 41.2. The minimum Gasteiger partial charge on any atom is -0.384 e. The Balaban J connectivity index is 1.79. The summed E-state index contributed by atoms with van der Waals surface area (Å²) in [5, 5.41) is 14.2. The third-order valence-corrected chi connectivity index (χ3v) is 5.09. The summed E-state index contributed by atoms with van der Waals surface area (Å²) in [4.78, 5) is 0. The SMILES string of the molecule is Nc1cc(-c2ccc(Br)cc2)nn1C1CCC(O)(C(F)(F)F)CC1. The van der Waals surface area contributed by atoms with Crippen LogP contribution in [0.3, 0.4) is 0 Å². The standard InChI is InChI=1S/C16H17BrF3N3O/c17-11-3-1-10(2-4-11)13-9-14(21)23(22-13)12-5-7-15(24,8-6-12)16(18,19)20/h1-4,9,12,24H,5-8,21H2. The molecule has 0 spiro atoms. The maximum Gasteiger partial charge on any atom is 0.417 e. The zero-order valence-corrected chi connectivity index (χ0v) is 14.3. The Morgan fingerprint density at radius 3 is 2.33 bits per heavy atom. The van der Waals surface area contributed by atoms with Crippen LogP contribution in [0.1, 0.15) is 31.7 Å². The molecular weight excluding hydrogens is 387 g/mol. The van der Waals surface area contributed by atoms with Crippen molar-refractivity contribution in [3.63, 3.8) is 0 Å². The van der Waals surface area contributed by atoms with Crippen LogP contribution < -0.4 is 5.73 Å². The summed E-state index contributed by atoms with van der Waals surface area (Å²) in [7, 11) is 0. The molecular formula is C16H17BrF3N3O. The minimum absolute atomic E-state index is 0.182. The monoisotopic (exact) mass is 403 g/mol. The topological polar surface area (TPSA) is 64.1 Å². The zero-order valence-electron chi connectivity index (χ0n) is 12.7. The predicted octanol–water partition coefficient (Wildman–Crippen LogP) is 4.30. The van der Waals surface area contributed by atoms with Gasteiger partial charge in [-0.15, -0.1) is 0 Å². The number of halogens is 4. The molecule has 8 heteroatoms. The molecule has 4 nitrogen and oxygen atoms in total. The number of nitrogens with two attached hydrogens (primary N) is 1. The molecule has 0 radical (unpaired) electrons. The van der Waals surface area contributed by atoms with Gasteiger partial charge in [0.25, 0.3) is 0 Å². The van der Waals surface area contributed by atoms with Gasteiger partial charge in [-0.3, -0.25) is 0 Å². The quantitative estimate of drug-likeness (QED) is 0.785. The van der Waals surface area contributed by atoms with E-state index in [0.717, 1.165) is 10.0 Å². The molecule has 0 atom stereocenters. The van der Waals surface area contributed by atoms with Crippen molar-refractivity contribution in [2.24, 2.45) is 0 Å². The summed E-state index contributed by atoms with van der Waals surface area (Å²) in [6, 6.07) is 9.02. The minimum atomic E-state index is -4.60. The number of anilines is 1. The molecule has 3 N–H and O–H groups in total. The van der Waals surface area contributed by atoms with E-state index in [2.05, 4.69) is 21.0 Å². The first-order valence-electron chi connectivity index (χ1n) is 7.60. The first kappa shape index (κ1) is 17.3. The first-order chi connectivity index (χ1) is 11.2. The Bertz CT molecular complexity index is 719. The van der Waals surface area contributed by atoms with Crippen LogP contribution in [0.4, 0.5) is 19.0 Å². The van der Waals surface area contributed by atoms with Gasteiger partial charge < -0.3 is 10.8 Å². The highest BCUT2D eigenvalue weighted by molar-refractivity contribution is 9.10. The third kappa shape index (κ3) is 3.17. The van der Waals surface area contributed by atoms with Gasteiger partial charge in [-0.2, -0.15) is 18.3 Å². The zero-order chi connectivity index (χ0) is 17.5. The van der Waals surface area contributed by atoms with Gasteiger partial charge in [0.2, 0.25) is 0 Å². The Morgan fingerprint density at radius 2 is 1.79 bits per heavy atom. The van der Waals surface area contributed by atoms with Crippen LogP contribution in [0, 0.1) is 0 Å². The molecule has 1 saturated carbocycles. The van der Waals surface area contributed by atoms with E-state index < -0.39 is 11.8 Å². The fourth-order valence-electron chi connectivity index (χ4n) is 3.07. The van der Waals surface area contributed by atoms with Crippen molar-refractivity contribution in [2.45, 2.75) is 43.5 Å². The number of aliphatic hydroxyl groups is 1. The predicted molar refractivity (Wildman–Crippen MR) is 88.3 cm³/mol. The van der Waals surface area contributed by atoms with Crippen LogP contribution in [0.2, 0.25) is 0 Å². The second kappa shape index (κ2) is 6.07. The van der Waals surface area contributed by atoms with E-state index in [4.69, 9.17) is 5.73 Å². The van der Waals surface area contributed by atoms with Gasteiger partial charge in [0.1, 0.15) is 5.82 Å². The van der Waals surface area contributed by atoms with E-state index in [1.165, 1.54) is 0 Å². The molecule has 1 aliphatic rings. The summed E-state index contributed by atoms with van der Waals surface area (Å²) in [5.74, 6) is 0.412. The van der Waals surface area contributed by atoms with Crippen molar-refractivity contribution < 1.29 is 18.3 Å². The Morgan fingerprint density at radius 1 is 1.21 bits per heavy atom. The molecule has 130 valence electrons. The molecule has 3 rings (SSSR count). The molecule has 2 aromatic rings. The summed E-state index contributed by atoms with van der Waals surface area (Å²) in [5.41, 5.74) is 4.96. The fraction of sp³-hybridized carbons (Fsp3) is 0.438. The Hall–Kier alpha value is -1.54. The van der Waals surface area contributed by atoms with Crippen LogP contribution in [-0.2, 0) is 0 Å². The van der Waals surface area contributed by atoms with Crippen molar-refractivity contribution >= 4 is 21.7 Å². The lowest BCUT2D eigenvalue weighted by molar-refractivity contribution is -0.271. The molecule has 0 aliphatic heterocycles. The van der Waals surface area contributed by atoms with Crippen molar-refractivity contribution in [1.29, 1.82) is 0 Å². The maximum absolute atomic E-state index is 12.9. The van der Waals surface area contributed by atoms with Gasteiger partial charge in [0, 0.05) is 16.1 Å². The van der Waals surface area contributed by atoms with Gasteiger partial charge in [0.05, 0.1) is 11.7 Å². The molecule has 1 fully saturated rings. The number of nitrogens with zero attached hydrogens (tertiary/aromatic N) is 2. The average Bonchev–Trinajstić information content (AvgIpc) is 2.90. The Labute approximate surface area is 145 Å². The second-order valence-corrected chi connectivity index (χ2v) is 7.08. The highest BCUT2D eigenvalue weighted by Gasteiger charge is 2.54. The third-order valence-electron chi connectivity index (χ3n) is 4.56. The lowest BCUT2D eigenvalue weighted by Gasteiger charge is -2.37. The molecule has 1 aromatic carbocycles. The number of hydrogen-bond donors (Lipinski definition) is 2. The summed E-state index contributed by atoms with van der Waals surface area (Å²) in [6.07, 6.45) is -4.91. The van der Waals surface area contributed by atoms with Gasteiger partial charge in [-0.1, -0.05) is 28.1 Å². The highest BCUT2D eigenvalue weighted by atomic mass is 79.9. The number of benzene rings is 1. The van der Waals surface area contributed by atoms with Crippen LogP contribution in [0.25, 0.3) is 11.3 Å².